The predicted octanol–water partition coefficient (Wildman–Crippen LogP) is 2.55. The Morgan fingerprint density at radius 1 is 1.26 bits per heavy atom. The van der Waals surface area contributed by atoms with Crippen LogP contribution in [-0.4, -0.2) is 23.1 Å². The second-order valence-corrected chi connectivity index (χ2v) is 5.42. The molecule has 1 aromatic heterocycles. The fraction of sp³-hybridized carbons (Fsp3) is 0.353. The van der Waals surface area contributed by atoms with E-state index in [1.54, 1.807) is 18.3 Å². The van der Waals surface area contributed by atoms with Crippen molar-refractivity contribution >= 4 is 0 Å². The molecule has 1 saturated heterocycles. The van der Waals surface area contributed by atoms with E-state index in [2.05, 4.69) is 15.3 Å². The molecule has 3 rings (SSSR count). The highest BCUT2D eigenvalue weighted by Gasteiger charge is 2.18. The van der Waals surface area contributed by atoms with Crippen LogP contribution in [0.1, 0.15) is 35.6 Å². The van der Waals surface area contributed by atoms with E-state index in [0.717, 1.165) is 31.6 Å². The topological polar surface area (TPSA) is 72.9 Å². The van der Waals surface area contributed by atoms with Crippen LogP contribution in [0.2, 0.25) is 0 Å². The summed E-state index contributed by atoms with van der Waals surface area (Å²) in [6.45, 7) is 1.75. The molecular formula is C17H16FN4O. The number of aromatic nitrogens is 2. The first kappa shape index (κ1) is 15.4. The smallest absolute Gasteiger partial charge is 0.316 e. The number of hydrogen-bond acceptors (Lipinski definition) is 4. The minimum absolute atomic E-state index is 0.0288. The van der Waals surface area contributed by atoms with E-state index in [-0.39, 0.29) is 18.2 Å². The number of ether oxygens (including phenoxy) is 1. The van der Waals surface area contributed by atoms with E-state index in [1.165, 1.54) is 6.07 Å². The fourth-order valence-electron chi connectivity index (χ4n) is 2.57. The lowest BCUT2D eigenvalue weighted by atomic mass is 9.94. The van der Waals surface area contributed by atoms with Gasteiger partial charge in [0.05, 0.1) is 17.3 Å². The summed E-state index contributed by atoms with van der Waals surface area (Å²) < 4.78 is 19.3. The van der Waals surface area contributed by atoms with Crippen LogP contribution < -0.4 is 10.1 Å². The largest absolute Gasteiger partial charge is 0.458 e. The first-order chi connectivity index (χ1) is 11.3. The Kier molecular flexibility index (Phi) is 4.79. The number of hydrogen-bond donors (Lipinski definition) is 0. The van der Waals surface area contributed by atoms with Crippen LogP contribution in [0.15, 0.2) is 30.5 Å². The van der Waals surface area contributed by atoms with Gasteiger partial charge in [0.25, 0.3) is 0 Å². The molecule has 0 amide bonds. The molecule has 23 heavy (non-hydrogen) atoms. The molecule has 0 atom stereocenters. The molecule has 1 aliphatic heterocycles. The Hall–Kier alpha value is -2.52. The lowest BCUT2D eigenvalue weighted by molar-refractivity contribution is 0.273. The lowest BCUT2D eigenvalue weighted by Crippen LogP contribution is -2.21. The highest BCUT2D eigenvalue weighted by atomic mass is 19.1. The second-order valence-electron chi connectivity index (χ2n) is 5.42. The van der Waals surface area contributed by atoms with Crippen LogP contribution in [0.4, 0.5) is 4.39 Å². The SMILES string of the molecule is N#Cc1ccc(COc2nccc(C3CC[N]CC3)n2)c(F)c1. The van der Waals surface area contributed by atoms with Gasteiger partial charge in [-0.05, 0) is 31.0 Å². The molecule has 1 fully saturated rings. The zero-order chi connectivity index (χ0) is 16.1. The third kappa shape index (κ3) is 3.82. The Labute approximate surface area is 134 Å². The van der Waals surface area contributed by atoms with Gasteiger partial charge >= 0.3 is 6.01 Å². The minimum Gasteiger partial charge on any atom is -0.458 e. The average Bonchev–Trinajstić information content (AvgIpc) is 2.61. The molecule has 1 radical (unpaired) electrons. The summed E-state index contributed by atoms with van der Waals surface area (Å²) in [5.41, 5.74) is 1.60. The number of nitriles is 1. The Bertz CT molecular complexity index is 723. The van der Waals surface area contributed by atoms with Crippen molar-refractivity contribution < 1.29 is 9.13 Å². The van der Waals surface area contributed by atoms with E-state index in [1.807, 2.05) is 12.1 Å². The summed E-state index contributed by atoms with van der Waals surface area (Å²) in [5, 5.41) is 13.1. The molecule has 0 spiro atoms. The van der Waals surface area contributed by atoms with Crippen LogP contribution in [0, 0.1) is 17.1 Å². The maximum Gasteiger partial charge on any atom is 0.316 e. The highest BCUT2D eigenvalue weighted by Crippen LogP contribution is 2.24. The molecule has 117 valence electrons. The quantitative estimate of drug-likeness (QED) is 0.870. The van der Waals surface area contributed by atoms with Crippen LogP contribution in [0.5, 0.6) is 6.01 Å². The first-order valence-corrected chi connectivity index (χ1v) is 7.54. The minimum atomic E-state index is -0.464. The number of rotatable bonds is 4. The second kappa shape index (κ2) is 7.16. The van der Waals surface area contributed by atoms with E-state index in [0.29, 0.717) is 11.5 Å². The summed E-state index contributed by atoms with van der Waals surface area (Å²) in [6.07, 6.45) is 3.64. The average molecular weight is 311 g/mol. The summed E-state index contributed by atoms with van der Waals surface area (Å²) >= 11 is 0. The van der Waals surface area contributed by atoms with E-state index < -0.39 is 5.82 Å². The maximum absolute atomic E-state index is 13.8. The Morgan fingerprint density at radius 2 is 2.09 bits per heavy atom. The van der Waals surface area contributed by atoms with E-state index >= 15 is 0 Å². The number of halogens is 1. The fourth-order valence-corrected chi connectivity index (χ4v) is 2.57. The van der Waals surface area contributed by atoms with Gasteiger partial charge in [0.2, 0.25) is 0 Å². The van der Waals surface area contributed by atoms with E-state index in [9.17, 15) is 4.39 Å². The van der Waals surface area contributed by atoms with Crippen LogP contribution in [0.25, 0.3) is 0 Å². The Morgan fingerprint density at radius 3 is 2.83 bits per heavy atom. The van der Waals surface area contributed by atoms with Crippen molar-refractivity contribution in [3.05, 3.63) is 53.1 Å². The molecule has 5 nitrogen and oxygen atoms in total. The summed E-state index contributed by atoms with van der Waals surface area (Å²) in [4.78, 5) is 8.51. The molecule has 0 aliphatic carbocycles. The molecule has 0 unspecified atom stereocenters. The first-order valence-electron chi connectivity index (χ1n) is 7.54. The molecule has 0 saturated carbocycles. The van der Waals surface area contributed by atoms with Gasteiger partial charge in [-0.25, -0.2) is 14.7 Å². The predicted molar refractivity (Wildman–Crippen MR) is 81.3 cm³/mol. The van der Waals surface area contributed by atoms with Crippen molar-refractivity contribution in [3.8, 4) is 12.1 Å². The van der Waals surface area contributed by atoms with Crippen molar-refractivity contribution in [1.82, 2.24) is 15.3 Å². The lowest BCUT2D eigenvalue weighted by Gasteiger charge is -2.20. The number of benzene rings is 1. The van der Waals surface area contributed by atoms with Gasteiger partial charge in [0.1, 0.15) is 12.4 Å². The molecule has 6 heteroatoms. The zero-order valence-electron chi connectivity index (χ0n) is 12.6. The van der Waals surface area contributed by atoms with Gasteiger partial charge in [-0.1, -0.05) is 6.07 Å². The van der Waals surface area contributed by atoms with Gasteiger partial charge in [0.15, 0.2) is 0 Å². The monoisotopic (exact) mass is 311 g/mol. The zero-order valence-corrected chi connectivity index (χ0v) is 12.6. The number of piperidine rings is 1. The number of nitrogens with zero attached hydrogens (tertiary/aromatic N) is 4. The normalized spacial score (nSPS) is 15.1. The molecule has 2 heterocycles. The van der Waals surface area contributed by atoms with Gasteiger partial charge in [0, 0.05) is 30.8 Å². The van der Waals surface area contributed by atoms with Gasteiger partial charge < -0.3 is 4.74 Å². The summed E-state index contributed by atoms with van der Waals surface area (Å²) in [6, 6.07) is 8.34. The summed E-state index contributed by atoms with van der Waals surface area (Å²) in [7, 11) is 0. The standard InChI is InChI=1S/C17H16FN4O/c18-15-9-12(10-19)1-2-14(15)11-23-17-21-8-5-16(22-17)13-3-6-20-7-4-13/h1-2,5,8-9,13H,3-4,6-7,11H2. The van der Waals surface area contributed by atoms with Crippen LogP contribution in [-0.2, 0) is 6.61 Å². The summed E-state index contributed by atoms with van der Waals surface area (Å²) in [5.74, 6) is -0.0846. The van der Waals surface area contributed by atoms with Crippen LogP contribution in [0.3, 0.4) is 0 Å². The molecule has 1 aromatic carbocycles. The van der Waals surface area contributed by atoms with Crippen molar-refractivity contribution in [3.63, 3.8) is 0 Å². The molecule has 2 aromatic rings. The van der Waals surface area contributed by atoms with E-state index in [4.69, 9.17) is 10.00 Å². The van der Waals surface area contributed by atoms with Gasteiger partial charge in [-0.3, -0.25) is 0 Å². The third-order valence-electron chi connectivity index (χ3n) is 3.88. The van der Waals surface area contributed by atoms with Crippen LogP contribution >= 0.6 is 0 Å². The maximum atomic E-state index is 13.8. The Balaban J connectivity index is 1.67. The molecule has 0 N–H and O–H groups in total. The van der Waals surface area contributed by atoms with Crippen molar-refractivity contribution in [1.29, 1.82) is 5.26 Å². The highest BCUT2D eigenvalue weighted by molar-refractivity contribution is 5.32. The van der Waals surface area contributed by atoms with Gasteiger partial charge in [-0.15, -0.1) is 0 Å². The van der Waals surface area contributed by atoms with Gasteiger partial charge in [-0.2, -0.15) is 10.2 Å². The van der Waals surface area contributed by atoms with Crippen molar-refractivity contribution in [2.24, 2.45) is 0 Å². The third-order valence-corrected chi connectivity index (χ3v) is 3.88. The molecular weight excluding hydrogens is 295 g/mol. The van der Waals surface area contributed by atoms with Crippen molar-refractivity contribution in [2.45, 2.75) is 25.4 Å². The molecule has 1 aliphatic rings. The van der Waals surface area contributed by atoms with Crippen molar-refractivity contribution in [2.75, 3.05) is 13.1 Å². The molecule has 0 bridgehead atoms.